The van der Waals surface area contributed by atoms with Crippen molar-refractivity contribution < 1.29 is 13.6 Å². The van der Waals surface area contributed by atoms with E-state index in [-0.39, 0.29) is 24.1 Å². The predicted octanol–water partition coefficient (Wildman–Crippen LogP) is 9.46. The third kappa shape index (κ3) is 8.91. The highest BCUT2D eigenvalue weighted by molar-refractivity contribution is 5.97. The molecule has 0 N–H and O–H groups in total. The van der Waals surface area contributed by atoms with E-state index in [1.807, 2.05) is 12.2 Å². The van der Waals surface area contributed by atoms with Crippen molar-refractivity contribution in [2.75, 3.05) is 4.90 Å². The fourth-order valence-corrected chi connectivity index (χ4v) is 4.85. The summed E-state index contributed by atoms with van der Waals surface area (Å²) in [6.07, 6.45) is 20.5. The Morgan fingerprint density at radius 1 is 0.714 bits per heavy atom. The van der Waals surface area contributed by atoms with Crippen LogP contribution in [0.5, 0.6) is 0 Å². The fourth-order valence-electron chi connectivity index (χ4n) is 4.85. The molecule has 1 heterocycles. The van der Waals surface area contributed by atoms with Crippen LogP contribution >= 0.6 is 0 Å². The van der Waals surface area contributed by atoms with Gasteiger partial charge in [-0.05, 0) is 53.4 Å². The zero-order chi connectivity index (χ0) is 24.9. The second kappa shape index (κ2) is 14.8. The van der Waals surface area contributed by atoms with Crippen LogP contribution in [0.2, 0.25) is 0 Å². The lowest BCUT2D eigenvalue weighted by Gasteiger charge is -2.27. The van der Waals surface area contributed by atoms with Gasteiger partial charge in [0.25, 0.3) is 0 Å². The Balaban J connectivity index is 1.45. The van der Waals surface area contributed by atoms with Crippen molar-refractivity contribution in [3.05, 3.63) is 64.7 Å². The molecule has 0 spiro atoms. The number of benzene rings is 2. The van der Waals surface area contributed by atoms with E-state index in [0.717, 1.165) is 36.0 Å². The average molecular weight is 482 g/mol. The highest BCUT2D eigenvalue weighted by Crippen LogP contribution is 2.31. The third-order valence-corrected chi connectivity index (χ3v) is 6.95. The summed E-state index contributed by atoms with van der Waals surface area (Å²) in [5.41, 5.74) is 2.95. The van der Waals surface area contributed by atoms with Crippen LogP contribution in [0.1, 0.15) is 114 Å². The summed E-state index contributed by atoms with van der Waals surface area (Å²) >= 11 is 0. The predicted molar refractivity (Wildman–Crippen MR) is 143 cm³/mol. The fraction of sp³-hybridized carbons (Fsp3) is 0.516. The number of unbranched alkanes of at least 4 members (excludes halogenated alkanes) is 12. The van der Waals surface area contributed by atoms with E-state index in [4.69, 9.17) is 0 Å². The van der Waals surface area contributed by atoms with Crippen LogP contribution in [-0.2, 0) is 11.3 Å². The molecule has 0 aliphatic carbocycles. The van der Waals surface area contributed by atoms with Gasteiger partial charge in [-0.1, -0.05) is 102 Å². The van der Waals surface area contributed by atoms with E-state index in [9.17, 15) is 13.6 Å². The highest BCUT2D eigenvalue weighted by Gasteiger charge is 2.21. The van der Waals surface area contributed by atoms with Crippen LogP contribution in [0.25, 0.3) is 12.2 Å². The first kappa shape index (κ1) is 27.1. The molecular formula is C31H41F2NO. The normalized spacial score (nSPS) is 13.6. The Morgan fingerprint density at radius 2 is 1.23 bits per heavy atom. The smallest absolute Gasteiger partial charge is 0.227 e. The number of halogens is 2. The third-order valence-electron chi connectivity index (χ3n) is 6.95. The van der Waals surface area contributed by atoms with Gasteiger partial charge in [-0.15, -0.1) is 0 Å². The number of rotatable bonds is 14. The lowest BCUT2D eigenvalue weighted by atomic mass is 10.00. The molecule has 1 aliphatic heterocycles. The second-order valence-electron chi connectivity index (χ2n) is 9.85. The van der Waals surface area contributed by atoms with Crippen LogP contribution in [-0.4, -0.2) is 5.91 Å². The van der Waals surface area contributed by atoms with Gasteiger partial charge in [-0.2, -0.15) is 0 Å². The molecule has 0 fully saturated rings. The van der Waals surface area contributed by atoms with Gasteiger partial charge in [0.05, 0.1) is 12.2 Å². The molecule has 0 saturated heterocycles. The number of hydrogen-bond donors (Lipinski definition) is 0. The van der Waals surface area contributed by atoms with Gasteiger partial charge in [-0.25, -0.2) is 8.78 Å². The van der Waals surface area contributed by atoms with Gasteiger partial charge < -0.3 is 4.90 Å². The first-order valence-electron chi connectivity index (χ1n) is 13.6. The van der Waals surface area contributed by atoms with Gasteiger partial charge in [-0.3, -0.25) is 4.79 Å². The monoisotopic (exact) mass is 481 g/mol. The van der Waals surface area contributed by atoms with Crippen LogP contribution < -0.4 is 4.90 Å². The Hall–Kier alpha value is -2.49. The maximum Gasteiger partial charge on any atom is 0.227 e. The Morgan fingerprint density at radius 3 is 1.86 bits per heavy atom. The van der Waals surface area contributed by atoms with Gasteiger partial charge >= 0.3 is 0 Å². The molecule has 0 unspecified atom stereocenters. The molecule has 2 aromatic carbocycles. The summed E-state index contributed by atoms with van der Waals surface area (Å²) in [6.45, 7) is 2.50. The number of fused-ring (bicyclic) bond motifs is 2. The van der Waals surface area contributed by atoms with Crippen molar-refractivity contribution in [1.29, 1.82) is 0 Å². The van der Waals surface area contributed by atoms with E-state index in [1.54, 1.807) is 17.0 Å². The van der Waals surface area contributed by atoms with Crippen molar-refractivity contribution in [2.45, 2.75) is 103 Å². The molecule has 2 aromatic rings. The van der Waals surface area contributed by atoms with E-state index in [2.05, 4.69) is 6.92 Å². The SMILES string of the molecule is CCCCCCCCCCCCCCCC(=O)N1Cc2cc(F)ccc2/C=C\c2ccc(F)cc21. The van der Waals surface area contributed by atoms with Crippen LogP contribution in [0.4, 0.5) is 14.5 Å². The van der Waals surface area contributed by atoms with Crippen molar-refractivity contribution >= 4 is 23.7 Å². The van der Waals surface area contributed by atoms with Crippen molar-refractivity contribution in [1.82, 2.24) is 0 Å². The van der Waals surface area contributed by atoms with Crippen molar-refractivity contribution in [3.63, 3.8) is 0 Å². The van der Waals surface area contributed by atoms with E-state index in [0.29, 0.717) is 12.1 Å². The second-order valence-corrected chi connectivity index (χ2v) is 9.85. The summed E-state index contributed by atoms with van der Waals surface area (Å²) in [5, 5.41) is 0. The Labute approximate surface area is 210 Å². The van der Waals surface area contributed by atoms with Gasteiger partial charge in [0, 0.05) is 6.42 Å². The largest absolute Gasteiger partial charge is 0.307 e. The average Bonchev–Trinajstić information content (AvgIpc) is 2.84. The summed E-state index contributed by atoms with van der Waals surface area (Å²) in [6, 6.07) is 9.13. The quantitative estimate of drug-likeness (QED) is 0.246. The molecule has 0 atom stereocenters. The van der Waals surface area contributed by atoms with E-state index in [1.165, 1.54) is 88.5 Å². The molecule has 0 radical (unpaired) electrons. The van der Waals surface area contributed by atoms with Crippen molar-refractivity contribution in [2.24, 2.45) is 0 Å². The first-order valence-corrected chi connectivity index (χ1v) is 13.6. The molecule has 190 valence electrons. The molecule has 0 bridgehead atoms. The topological polar surface area (TPSA) is 20.3 Å². The zero-order valence-electron chi connectivity index (χ0n) is 21.3. The lowest BCUT2D eigenvalue weighted by Crippen LogP contribution is -2.31. The van der Waals surface area contributed by atoms with E-state index < -0.39 is 0 Å². The summed E-state index contributed by atoms with van der Waals surface area (Å²) in [5.74, 6) is -0.748. The van der Waals surface area contributed by atoms with Crippen molar-refractivity contribution in [3.8, 4) is 0 Å². The lowest BCUT2D eigenvalue weighted by molar-refractivity contribution is -0.118. The molecule has 0 aromatic heterocycles. The van der Waals surface area contributed by atoms with Gasteiger partial charge in [0.15, 0.2) is 0 Å². The molecule has 1 aliphatic rings. The number of carbonyl (C=O) groups is 1. The molecule has 35 heavy (non-hydrogen) atoms. The standard InChI is InChI=1S/C31H41F2NO/c1-2-3-4-5-6-7-8-9-10-11-12-13-14-15-31(35)34-24-27-22-28(32)20-18-25(27)16-17-26-19-21-29(33)23-30(26)34/h16-23H,2-15,24H2,1H3/b17-16-. The van der Waals surface area contributed by atoms with E-state index >= 15 is 0 Å². The number of nitrogens with zero attached hydrogens (tertiary/aromatic N) is 1. The minimum absolute atomic E-state index is 0.0366. The van der Waals surface area contributed by atoms with Crippen LogP contribution in [0.3, 0.4) is 0 Å². The number of anilines is 1. The summed E-state index contributed by atoms with van der Waals surface area (Å²) in [4.78, 5) is 14.8. The zero-order valence-corrected chi connectivity index (χ0v) is 21.3. The van der Waals surface area contributed by atoms with Gasteiger partial charge in [0.1, 0.15) is 11.6 Å². The minimum Gasteiger partial charge on any atom is -0.307 e. The molecular weight excluding hydrogens is 440 g/mol. The van der Waals surface area contributed by atoms with Crippen LogP contribution in [0, 0.1) is 11.6 Å². The maximum absolute atomic E-state index is 14.1. The molecule has 1 amide bonds. The molecule has 3 rings (SSSR count). The highest BCUT2D eigenvalue weighted by atomic mass is 19.1. The van der Waals surface area contributed by atoms with Crippen LogP contribution in [0.15, 0.2) is 36.4 Å². The molecule has 0 saturated carbocycles. The molecule has 4 heteroatoms. The van der Waals surface area contributed by atoms with Gasteiger partial charge in [0.2, 0.25) is 5.91 Å². The molecule has 2 nitrogen and oxygen atoms in total. The number of carbonyl (C=O) groups excluding carboxylic acids is 1. The Kier molecular flexibility index (Phi) is 11.5. The maximum atomic E-state index is 14.1. The summed E-state index contributed by atoms with van der Waals surface area (Å²) < 4.78 is 28.0. The Bertz CT molecular complexity index is 968. The summed E-state index contributed by atoms with van der Waals surface area (Å²) in [7, 11) is 0. The first-order chi connectivity index (χ1) is 17.1. The minimum atomic E-state index is -0.379. The number of amides is 1. The number of hydrogen-bond acceptors (Lipinski definition) is 1.